The maximum absolute atomic E-state index is 2.51. The maximum Gasteiger partial charge on any atom is 0.175 e. The molecule has 6 rings (SSSR count). The Bertz CT molecular complexity index is 1230. The molecule has 4 aromatic carbocycles. The van der Waals surface area contributed by atoms with Crippen molar-refractivity contribution in [2.24, 2.45) is 0 Å². The lowest BCUT2D eigenvalue weighted by Gasteiger charge is -2.32. The van der Waals surface area contributed by atoms with Crippen LogP contribution in [0.2, 0.25) is 0 Å². The van der Waals surface area contributed by atoms with Gasteiger partial charge in [0.15, 0.2) is 6.17 Å². The van der Waals surface area contributed by atoms with Crippen molar-refractivity contribution in [1.29, 1.82) is 0 Å². The first kappa shape index (κ1) is 19.2. The molecule has 0 bridgehead atoms. The van der Waals surface area contributed by atoms with Gasteiger partial charge in [0, 0.05) is 11.1 Å². The van der Waals surface area contributed by atoms with Crippen molar-refractivity contribution in [2.75, 3.05) is 20.1 Å². The highest BCUT2D eigenvalue weighted by molar-refractivity contribution is 5.90. The number of nitrogens with one attached hydrogen (secondary N) is 1. The number of benzene rings is 4. The molecule has 2 unspecified atom stereocenters. The van der Waals surface area contributed by atoms with Gasteiger partial charge in [-0.15, -0.1) is 0 Å². The Hall–Kier alpha value is -3.46. The third kappa shape index (κ3) is 3.29. The van der Waals surface area contributed by atoms with Gasteiger partial charge in [0.05, 0.1) is 13.1 Å². The average Bonchev–Trinajstić information content (AvgIpc) is 3.26. The van der Waals surface area contributed by atoms with Gasteiger partial charge in [0.1, 0.15) is 5.69 Å². The lowest BCUT2D eigenvalue weighted by Crippen LogP contribution is -3.10. The topological polar surface area (TPSA) is 7.68 Å². The summed E-state index contributed by atoms with van der Waals surface area (Å²) < 4.78 is 0. The molecule has 2 aliphatic rings. The van der Waals surface area contributed by atoms with E-state index in [9.17, 15) is 0 Å². The predicted octanol–water partition coefficient (Wildman–Crippen LogP) is 5.36. The number of fused-ring (bicyclic) bond motifs is 3. The largest absolute Gasteiger partial charge is 0.282 e. The number of quaternary nitrogens is 1. The summed E-state index contributed by atoms with van der Waals surface area (Å²) in [4.78, 5) is 4.07. The van der Waals surface area contributed by atoms with Gasteiger partial charge < -0.3 is 0 Å². The molecule has 0 aromatic heterocycles. The first-order valence-electron chi connectivity index (χ1n) is 11.4. The molecular formula is C30H27N2+. The zero-order valence-corrected chi connectivity index (χ0v) is 18.3. The van der Waals surface area contributed by atoms with Crippen LogP contribution >= 0.6 is 0 Å². The second-order valence-electron chi connectivity index (χ2n) is 8.88. The molecule has 1 fully saturated rings. The van der Waals surface area contributed by atoms with Gasteiger partial charge in [-0.05, 0) is 71.3 Å². The van der Waals surface area contributed by atoms with Crippen molar-refractivity contribution < 1.29 is 4.90 Å². The fraction of sp³-hybridized carbons (Fsp3) is 0.133. The fourth-order valence-corrected chi connectivity index (χ4v) is 5.33. The zero-order valence-electron chi connectivity index (χ0n) is 18.3. The van der Waals surface area contributed by atoms with Crippen molar-refractivity contribution in [3.63, 3.8) is 0 Å². The maximum atomic E-state index is 2.51. The van der Waals surface area contributed by atoms with Crippen molar-refractivity contribution in [1.82, 2.24) is 4.90 Å². The summed E-state index contributed by atoms with van der Waals surface area (Å²) >= 11 is 0. The van der Waals surface area contributed by atoms with E-state index in [1.807, 2.05) is 0 Å². The van der Waals surface area contributed by atoms with Crippen LogP contribution in [0, 0.1) is 0 Å². The minimum atomic E-state index is 0.347. The molecule has 0 aliphatic carbocycles. The molecule has 0 amide bonds. The highest BCUT2D eigenvalue weighted by Gasteiger charge is 2.41. The summed E-state index contributed by atoms with van der Waals surface area (Å²) in [5, 5.41) is 0. The fourth-order valence-electron chi connectivity index (χ4n) is 5.33. The first-order valence-corrected chi connectivity index (χ1v) is 11.4. The highest BCUT2D eigenvalue weighted by Crippen LogP contribution is 2.36. The van der Waals surface area contributed by atoms with E-state index in [2.05, 4.69) is 121 Å². The molecule has 2 heterocycles. The number of para-hydroxylation sites is 1. The van der Waals surface area contributed by atoms with Crippen molar-refractivity contribution >= 4 is 17.3 Å². The number of nitrogens with zero attached hydrogens (tertiary/aromatic N) is 1. The second kappa shape index (κ2) is 7.90. The Balaban J connectivity index is 1.57. The lowest BCUT2D eigenvalue weighted by atomic mass is 9.89. The van der Waals surface area contributed by atoms with Crippen LogP contribution in [0.3, 0.4) is 0 Å². The van der Waals surface area contributed by atoms with Crippen LogP contribution in [0.15, 0.2) is 103 Å². The van der Waals surface area contributed by atoms with Gasteiger partial charge in [-0.2, -0.15) is 0 Å². The third-order valence-electron chi connectivity index (χ3n) is 6.90. The number of hydrogen-bond donors (Lipinski definition) is 1. The van der Waals surface area contributed by atoms with Gasteiger partial charge in [-0.3, -0.25) is 4.90 Å². The van der Waals surface area contributed by atoms with Gasteiger partial charge in [-0.25, -0.2) is 4.90 Å². The van der Waals surface area contributed by atoms with Crippen LogP contribution in [-0.2, 0) is 0 Å². The molecule has 156 valence electrons. The van der Waals surface area contributed by atoms with Gasteiger partial charge in [-0.1, -0.05) is 72.8 Å². The molecule has 2 atom stereocenters. The van der Waals surface area contributed by atoms with E-state index in [0.717, 1.165) is 13.1 Å². The van der Waals surface area contributed by atoms with Crippen molar-refractivity contribution in [2.45, 2.75) is 6.17 Å². The summed E-state index contributed by atoms with van der Waals surface area (Å²) in [5.41, 5.74) is 10.5. The quantitative estimate of drug-likeness (QED) is 0.473. The number of hydrogen-bond acceptors (Lipinski definition) is 1. The minimum Gasteiger partial charge on any atom is -0.282 e. The Kier molecular flexibility index (Phi) is 4.75. The van der Waals surface area contributed by atoms with E-state index in [1.54, 1.807) is 4.90 Å². The third-order valence-corrected chi connectivity index (χ3v) is 6.90. The molecular weight excluding hydrogens is 388 g/mol. The SMILES string of the molecule is CN1CC[NH+]2c3ccccc3C=C(c3cc(-c4ccccc4)cc(-c4ccccc4)c3)C12. The summed E-state index contributed by atoms with van der Waals surface area (Å²) in [6.07, 6.45) is 2.77. The van der Waals surface area contributed by atoms with Gasteiger partial charge in [0.2, 0.25) is 0 Å². The van der Waals surface area contributed by atoms with Crippen LogP contribution in [0.25, 0.3) is 33.9 Å². The smallest absolute Gasteiger partial charge is 0.175 e. The highest BCUT2D eigenvalue weighted by atomic mass is 15.4. The molecule has 1 saturated heterocycles. The Morgan fingerprint density at radius 2 is 1.22 bits per heavy atom. The van der Waals surface area contributed by atoms with Gasteiger partial charge >= 0.3 is 0 Å². The van der Waals surface area contributed by atoms with Crippen LogP contribution in [0.4, 0.5) is 5.69 Å². The number of rotatable bonds is 3. The van der Waals surface area contributed by atoms with Crippen LogP contribution < -0.4 is 4.90 Å². The van der Waals surface area contributed by atoms with E-state index >= 15 is 0 Å². The first-order chi connectivity index (χ1) is 15.8. The van der Waals surface area contributed by atoms with Crippen molar-refractivity contribution in [3.05, 3.63) is 114 Å². The molecule has 1 N–H and O–H groups in total. The molecule has 2 nitrogen and oxygen atoms in total. The van der Waals surface area contributed by atoms with Crippen LogP contribution in [0.5, 0.6) is 0 Å². The molecule has 2 aliphatic heterocycles. The molecule has 4 aromatic rings. The monoisotopic (exact) mass is 415 g/mol. The Labute approximate surface area is 190 Å². The summed E-state index contributed by atoms with van der Waals surface area (Å²) in [5.74, 6) is 0. The normalized spacial score (nSPS) is 19.8. The number of likely N-dealkylation sites (N-methyl/N-ethyl adjacent to an activating group) is 1. The van der Waals surface area contributed by atoms with E-state index in [0.29, 0.717) is 6.17 Å². The molecule has 0 radical (unpaired) electrons. The van der Waals surface area contributed by atoms with Crippen molar-refractivity contribution in [3.8, 4) is 22.3 Å². The summed E-state index contributed by atoms with van der Waals surface area (Å²) in [6.45, 7) is 2.25. The van der Waals surface area contributed by atoms with E-state index in [1.165, 1.54) is 44.6 Å². The van der Waals surface area contributed by atoms with E-state index < -0.39 is 0 Å². The average molecular weight is 416 g/mol. The zero-order chi connectivity index (χ0) is 21.5. The van der Waals surface area contributed by atoms with Crippen LogP contribution in [-0.4, -0.2) is 31.2 Å². The van der Waals surface area contributed by atoms with Gasteiger partial charge in [0.25, 0.3) is 0 Å². The standard InChI is InChI=1S/C30H26N2/c1-31-16-17-32-29-15-9-8-14-24(29)21-28(30(31)32)27-19-25(22-10-4-2-5-11-22)18-26(20-27)23-12-6-3-7-13-23/h2-15,18-21,30H,16-17H2,1H3/p+1. The second-order valence-corrected chi connectivity index (χ2v) is 8.88. The predicted molar refractivity (Wildman–Crippen MR) is 134 cm³/mol. The molecule has 32 heavy (non-hydrogen) atoms. The van der Waals surface area contributed by atoms with E-state index in [4.69, 9.17) is 0 Å². The Morgan fingerprint density at radius 3 is 1.88 bits per heavy atom. The molecule has 0 spiro atoms. The van der Waals surface area contributed by atoms with E-state index in [-0.39, 0.29) is 0 Å². The molecule has 2 heteroatoms. The summed E-state index contributed by atoms with van der Waals surface area (Å²) in [7, 11) is 2.26. The lowest BCUT2D eigenvalue weighted by molar-refractivity contribution is -0.842. The molecule has 0 saturated carbocycles. The Morgan fingerprint density at radius 1 is 0.656 bits per heavy atom. The summed E-state index contributed by atoms with van der Waals surface area (Å²) in [6, 6.07) is 37.4. The minimum absolute atomic E-state index is 0.347. The van der Waals surface area contributed by atoms with Crippen LogP contribution in [0.1, 0.15) is 11.1 Å².